The number of hydrogen-bond donors (Lipinski definition) is 1. The summed E-state index contributed by atoms with van der Waals surface area (Å²) >= 11 is 0. The fourth-order valence-corrected chi connectivity index (χ4v) is 1.38. The summed E-state index contributed by atoms with van der Waals surface area (Å²) in [5, 5.41) is 3.27. The average Bonchev–Trinajstić information content (AvgIpc) is 2.58. The molecule has 1 saturated heterocycles. The lowest BCUT2D eigenvalue weighted by atomic mass is 9.74. The maximum Gasteiger partial charge on any atom is 0.415 e. The third-order valence-electron chi connectivity index (χ3n) is 2.10. The van der Waals surface area contributed by atoms with Crippen molar-refractivity contribution < 1.29 is 4.65 Å². The lowest BCUT2D eigenvalue weighted by Crippen LogP contribution is -2.41. The first-order chi connectivity index (χ1) is 5.86. The number of hydrogen-bond acceptors (Lipinski definition) is 2. The van der Waals surface area contributed by atoms with Crippen molar-refractivity contribution in [2.45, 2.75) is 6.92 Å². The Hall–Kier alpha value is -0.795. The molecule has 0 aromatic heterocycles. The van der Waals surface area contributed by atoms with E-state index in [2.05, 4.69) is 36.4 Å². The largest absolute Gasteiger partial charge is 0.416 e. The van der Waals surface area contributed by atoms with E-state index in [-0.39, 0.29) is 7.05 Å². The molecule has 1 aromatic carbocycles. The second kappa shape index (κ2) is 3.29. The summed E-state index contributed by atoms with van der Waals surface area (Å²) in [5.74, 6) is 0. The molecule has 3 heteroatoms. The molecule has 1 heterocycles. The van der Waals surface area contributed by atoms with Crippen molar-refractivity contribution >= 4 is 12.5 Å². The lowest BCUT2D eigenvalue weighted by molar-refractivity contribution is 0.376. The van der Waals surface area contributed by atoms with Gasteiger partial charge in [0.2, 0.25) is 0 Å². The molecule has 0 unspecified atom stereocenters. The van der Waals surface area contributed by atoms with E-state index < -0.39 is 0 Å². The fraction of sp³-hybridized carbons (Fsp3) is 0.333. The predicted molar refractivity (Wildman–Crippen MR) is 50.5 cm³/mol. The lowest BCUT2D eigenvalue weighted by Gasteiger charge is -2.04. The van der Waals surface area contributed by atoms with E-state index in [1.165, 1.54) is 11.0 Å². The second-order valence-electron chi connectivity index (χ2n) is 3.12. The van der Waals surface area contributed by atoms with Gasteiger partial charge in [-0.25, -0.2) is 0 Å². The molecule has 1 aliphatic heterocycles. The van der Waals surface area contributed by atoms with Gasteiger partial charge in [-0.2, -0.15) is 0 Å². The zero-order valence-electron chi connectivity index (χ0n) is 7.21. The maximum atomic E-state index is 5.47. The van der Waals surface area contributed by atoms with E-state index in [1.54, 1.807) is 0 Å². The minimum atomic E-state index is 0.116. The Labute approximate surface area is 73.1 Å². The minimum Gasteiger partial charge on any atom is -0.416 e. The molecule has 1 fully saturated rings. The van der Waals surface area contributed by atoms with Crippen LogP contribution in [0.2, 0.25) is 0 Å². The maximum absolute atomic E-state index is 5.47. The topological polar surface area (TPSA) is 21.3 Å². The van der Waals surface area contributed by atoms with Crippen LogP contribution in [-0.4, -0.2) is 20.2 Å². The van der Waals surface area contributed by atoms with Gasteiger partial charge in [0.25, 0.3) is 0 Å². The van der Waals surface area contributed by atoms with Gasteiger partial charge in [-0.1, -0.05) is 29.8 Å². The van der Waals surface area contributed by atoms with Crippen LogP contribution >= 0.6 is 0 Å². The van der Waals surface area contributed by atoms with Gasteiger partial charge in [-0.3, -0.25) is 0 Å². The van der Waals surface area contributed by atoms with E-state index in [0.717, 1.165) is 13.2 Å². The van der Waals surface area contributed by atoms with E-state index in [4.69, 9.17) is 4.65 Å². The van der Waals surface area contributed by atoms with Crippen LogP contribution in [0, 0.1) is 6.92 Å². The quantitative estimate of drug-likeness (QED) is 0.598. The molecule has 1 N–H and O–H groups in total. The summed E-state index contributed by atoms with van der Waals surface area (Å²) in [6.45, 7) is 3.86. The van der Waals surface area contributed by atoms with E-state index in [0.29, 0.717) is 0 Å². The Morgan fingerprint density at radius 2 is 2.08 bits per heavy atom. The Bertz CT molecular complexity index is 254. The second-order valence-corrected chi connectivity index (χ2v) is 3.12. The highest BCUT2D eigenvalue weighted by Gasteiger charge is 2.22. The number of rotatable bonds is 1. The molecular formula is C9H12BNO. The highest BCUT2D eigenvalue weighted by atomic mass is 16.5. The zero-order chi connectivity index (χ0) is 8.39. The Morgan fingerprint density at radius 3 is 2.67 bits per heavy atom. The van der Waals surface area contributed by atoms with Crippen LogP contribution < -0.4 is 10.7 Å². The summed E-state index contributed by atoms with van der Waals surface area (Å²) < 4.78 is 5.47. The molecule has 1 aliphatic rings. The molecule has 0 spiro atoms. The first-order valence-electron chi connectivity index (χ1n) is 4.28. The minimum absolute atomic E-state index is 0.116. The smallest absolute Gasteiger partial charge is 0.415 e. The Balaban J connectivity index is 2.17. The molecule has 62 valence electrons. The SMILES string of the molecule is Cc1ccc(B2NCCO2)cc1. The summed E-state index contributed by atoms with van der Waals surface area (Å²) in [5.41, 5.74) is 2.51. The first-order valence-corrected chi connectivity index (χ1v) is 4.28. The molecule has 0 atom stereocenters. The van der Waals surface area contributed by atoms with Gasteiger partial charge in [0.1, 0.15) is 0 Å². The van der Waals surface area contributed by atoms with Crippen LogP contribution in [-0.2, 0) is 4.65 Å². The number of benzene rings is 1. The molecule has 0 radical (unpaired) electrons. The molecule has 0 bridgehead atoms. The molecule has 2 nitrogen and oxygen atoms in total. The third-order valence-corrected chi connectivity index (χ3v) is 2.10. The van der Waals surface area contributed by atoms with Crippen molar-refractivity contribution in [1.82, 2.24) is 5.23 Å². The van der Waals surface area contributed by atoms with Crippen molar-refractivity contribution in [3.63, 3.8) is 0 Å². The van der Waals surface area contributed by atoms with Gasteiger partial charge < -0.3 is 9.88 Å². The summed E-state index contributed by atoms with van der Waals surface area (Å²) in [4.78, 5) is 0. The van der Waals surface area contributed by atoms with Crippen LogP contribution in [0.5, 0.6) is 0 Å². The molecular weight excluding hydrogens is 149 g/mol. The van der Waals surface area contributed by atoms with Crippen LogP contribution in [0.4, 0.5) is 0 Å². The Morgan fingerprint density at radius 1 is 1.33 bits per heavy atom. The fourth-order valence-electron chi connectivity index (χ4n) is 1.38. The monoisotopic (exact) mass is 161 g/mol. The summed E-state index contributed by atoms with van der Waals surface area (Å²) in [6, 6.07) is 8.44. The van der Waals surface area contributed by atoms with Crippen LogP contribution in [0.1, 0.15) is 5.56 Å². The highest BCUT2D eigenvalue weighted by molar-refractivity contribution is 6.65. The van der Waals surface area contributed by atoms with Crippen LogP contribution in [0.3, 0.4) is 0 Å². The molecule has 2 rings (SSSR count). The van der Waals surface area contributed by atoms with Gasteiger partial charge in [0.15, 0.2) is 0 Å². The highest BCUT2D eigenvalue weighted by Crippen LogP contribution is 1.97. The van der Waals surface area contributed by atoms with Gasteiger partial charge >= 0.3 is 7.05 Å². The third kappa shape index (κ3) is 1.52. The van der Waals surface area contributed by atoms with Crippen molar-refractivity contribution in [2.75, 3.05) is 13.2 Å². The van der Waals surface area contributed by atoms with Crippen molar-refractivity contribution in [3.05, 3.63) is 29.8 Å². The average molecular weight is 161 g/mol. The summed E-state index contributed by atoms with van der Waals surface area (Å²) in [6.07, 6.45) is 0. The van der Waals surface area contributed by atoms with Gasteiger partial charge in [0, 0.05) is 13.2 Å². The van der Waals surface area contributed by atoms with Gasteiger partial charge in [-0.15, -0.1) is 0 Å². The number of nitrogens with one attached hydrogen (secondary N) is 1. The van der Waals surface area contributed by atoms with Gasteiger partial charge in [-0.05, 0) is 12.4 Å². The molecule has 12 heavy (non-hydrogen) atoms. The van der Waals surface area contributed by atoms with Crippen molar-refractivity contribution in [3.8, 4) is 0 Å². The van der Waals surface area contributed by atoms with Crippen LogP contribution in [0.25, 0.3) is 0 Å². The standard InChI is InChI=1S/C9H12BNO/c1-8-2-4-9(5-3-8)10-11-6-7-12-10/h2-5,11H,6-7H2,1H3. The normalized spacial score (nSPS) is 16.9. The Kier molecular flexibility index (Phi) is 2.15. The van der Waals surface area contributed by atoms with Crippen molar-refractivity contribution in [1.29, 1.82) is 0 Å². The van der Waals surface area contributed by atoms with Crippen molar-refractivity contribution in [2.24, 2.45) is 0 Å². The number of aryl methyl sites for hydroxylation is 1. The van der Waals surface area contributed by atoms with E-state index in [9.17, 15) is 0 Å². The van der Waals surface area contributed by atoms with Gasteiger partial charge in [0.05, 0.1) is 0 Å². The molecule has 0 aliphatic carbocycles. The zero-order valence-corrected chi connectivity index (χ0v) is 7.21. The molecule has 0 saturated carbocycles. The van der Waals surface area contributed by atoms with E-state index >= 15 is 0 Å². The first kappa shape index (κ1) is 7.83. The predicted octanol–water partition coefficient (Wildman–Crippen LogP) is 0.310. The molecule has 0 amide bonds. The van der Waals surface area contributed by atoms with Crippen LogP contribution in [0.15, 0.2) is 24.3 Å². The molecule has 1 aromatic rings. The van der Waals surface area contributed by atoms with E-state index in [1.807, 2.05) is 0 Å². The summed E-state index contributed by atoms with van der Waals surface area (Å²) in [7, 11) is 0.116.